The first-order valence-electron chi connectivity index (χ1n) is 7.00. The lowest BCUT2D eigenvalue weighted by molar-refractivity contribution is 0.0579. The quantitative estimate of drug-likeness (QED) is 0.844. The van der Waals surface area contributed by atoms with Crippen molar-refractivity contribution < 1.29 is 4.79 Å². The fraction of sp³-hybridized carbons (Fsp3) is 0.533. The highest BCUT2D eigenvalue weighted by Gasteiger charge is 2.23. The molecule has 0 radical (unpaired) electrons. The first-order chi connectivity index (χ1) is 9.11. The number of nitrogen functional groups attached to an aromatic ring is 1. The normalized spacial score (nSPS) is 18.3. The Kier molecular flexibility index (Phi) is 4.43. The van der Waals surface area contributed by atoms with Crippen molar-refractivity contribution in [3.8, 4) is 0 Å². The summed E-state index contributed by atoms with van der Waals surface area (Å²) in [4.78, 5) is 16.7. The van der Waals surface area contributed by atoms with Crippen LogP contribution < -0.4 is 5.73 Å². The minimum absolute atomic E-state index is 0.0936. The van der Waals surface area contributed by atoms with Crippen LogP contribution in [0.25, 0.3) is 0 Å². The molecule has 1 unspecified atom stereocenters. The van der Waals surface area contributed by atoms with Gasteiger partial charge in [0.1, 0.15) is 0 Å². The second-order valence-corrected chi connectivity index (χ2v) is 5.21. The van der Waals surface area contributed by atoms with Crippen LogP contribution in [0.15, 0.2) is 24.3 Å². The Bertz CT molecular complexity index is 439. The zero-order valence-electron chi connectivity index (χ0n) is 11.8. The molecule has 104 valence electrons. The Morgan fingerprint density at radius 2 is 2.00 bits per heavy atom. The van der Waals surface area contributed by atoms with E-state index < -0.39 is 0 Å². The summed E-state index contributed by atoms with van der Waals surface area (Å²) in [6, 6.07) is 7.82. The molecule has 0 aromatic heterocycles. The summed E-state index contributed by atoms with van der Waals surface area (Å²) in [6.07, 6.45) is 1.16. The zero-order chi connectivity index (χ0) is 13.8. The molecule has 1 fully saturated rings. The number of carbonyl (C=O) groups is 1. The topological polar surface area (TPSA) is 49.6 Å². The Balaban J connectivity index is 1.96. The predicted octanol–water partition coefficient (Wildman–Crippen LogP) is 1.83. The average molecular weight is 261 g/mol. The van der Waals surface area contributed by atoms with E-state index in [1.807, 2.05) is 17.0 Å². The van der Waals surface area contributed by atoms with Gasteiger partial charge in [0, 0.05) is 43.5 Å². The number of hydrogen-bond donors (Lipinski definition) is 1. The van der Waals surface area contributed by atoms with Crippen molar-refractivity contribution in [1.82, 2.24) is 9.80 Å². The van der Waals surface area contributed by atoms with E-state index in [0.717, 1.165) is 32.6 Å². The molecule has 1 aliphatic rings. The summed E-state index contributed by atoms with van der Waals surface area (Å²) in [5, 5.41) is 0. The lowest BCUT2D eigenvalue weighted by Gasteiger charge is -2.37. The number of carbonyl (C=O) groups excluding carboxylic acids is 1. The van der Waals surface area contributed by atoms with Gasteiger partial charge in [0.25, 0.3) is 5.91 Å². The van der Waals surface area contributed by atoms with Crippen molar-refractivity contribution in [2.45, 2.75) is 26.3 Å². The van der Waals surface area contributed by atoms with E-state index in [9.17, 15) is 4.79 Å². The summed E-state index contributed by atoms with van der Waals surface area (Å²) in [6.45, 7) is 7.98. The third kappa shape index (κ3) is 3.26. The van der Waals surface area contributed by atoms with Gasteiger partial charge < -0.3 is 10.6 Å². The number of hydrogen-bond acceptors (Lipinski definition) is 3. The van der Waals surface area contributed by atoms with Crippen molar-refractivity contribution in [2.75, 3.05) is 31.9 Å². The zero-order valence-corrected chi connectivity index (χ0v) is 11.8. The number of anilines is 1. The lowest BCUT2D eigenvalue weighted by Crippen LogP contribution is -2.51. The number of piperazine rings is 1. The third-order valence-electron chi connectivity index (χ3n) is 3.95. The molecule has 1 saturated heterocycles. The highest BCUT2D eigenvalue weighted by molar-refractivity contribution is 5.95. The molecule has 0 spiro atoms. The van der Waals surface area contributed by atoms with Gasteiger partial charge >= 0.3 is 0 Å². The molecule has 2 N–H and O–H groups in total. The number of nitrogens with zero attached hydrogens (tertiary/aromatic N) is 2. The first kappa shape index (κ1) is 13.9. The highest BCUT2D eigenvalue weighted by Crippen LogP contribution is 2.13. The molecule has 0 bridgehead atoms. The van der Waals surface area contributed by atoms with Crippen LogP contribution in [0, 0.1) is 0 Å². The van der Waals surface area contributed by atoms with E-state index in [1.165, 1.54) is 0 Å². The van der Waals surface area contributed by atoms with Crippen LogP contribution >= 0.6 is 0 Å². The summed E-state index contributed by atoms with van der Waals surface area (Å²) in [5.74, 6) is 0.0936. The van der Waals surface area contributed by atoms with Crippen LogP contribution in [0.1, 0.15) is 30.6 Å². The molecular weight excluding hydrogens is 238 g/mol. The number of benzene rings is 1. The molecule has 1 amide bonds. The van der Waals surface area contributed by atoms with Gasteiger partial charge in [-0.3, -0.25) is 9.69 Å². The summed E-state index contributed by atoms with van der Waals surface area (Å²) in [7, 11) is 0. The minimum Gasteiger partial charge on any atom is -0.399 e. The molecule has 1 heterocycles. The van der Waals surface area contributed by atoms with Gasteiger partial charge in [0.2, 0.25) is 0 Å². The van der Waals surface area contributed by atoms with Crippen LogP contribution in [0.2, 0.25) is 0 Å². The second-order valence-electron chi connectivity index (χ2n) is 5.21. The molecular formula is C15H23N3O. The molecule has 19 heavy (non-hydrogen) atoms. The monoisotopic (exact) mass is 261 g/mol. The summed E-state index contributed by atoms with van der Waals surface area (Å²) >= 11 is 0. The average Bonchev–Trinajstić information content (AvgIpc) is 2.46. The molecule has 4 heteroatoms. The van der Waals surface area contributed by atoms with E-state index in [4.69, 9.17) is 5.73 Å². The van der Waals surface area contributed by atoms with Crippen LogP contribution in [0.5, 0.6) is 0 Å². The van der Waals surface area contributed by atoms with Crippen LogP contribution in [0.4, 0.5) is 5.69 Å². The molecule has 0 saturated carbocycles. The Morgan fingerprint density at radius 1 is 1.32 bits per heavy atom. The number of nitrogens with two attached hydrogens (primary N) is 1. The molecule has 1 aromatic rings. The molecule has 1 atom stereocenters. The third-order valence-corrected chi connectivity index (χ3v) is 3.95. The fourth-order valence-corrected chi connectivity index (χ4v) is 2.48. The van der Waals surface area contributed by atoms with Gasteiger partial charge in [-0.15, -0.1) is 0 Å². The van der Waals surface area contributed by atoms with E-state index in [-0.39, 0.29) is 5.91 Å². The van der Waals surface area contributed by atoms with Gasteiger partial charge in [-0.05, 0) is 31.5 Å². The number of amides is 1. The SMILES string of the molecule is CCC(C)N1CCN(C(=O)c2cccc(N)c2)CC1. The Hall–Kier alpha value is -1.55. The van der Waals surface area contributed by atoms with E-state index >= 15 is 0 Å². The van der Waals surface area contributed by atoms with Crippen LogP contribution in [0.3, 0.4) is 0 Å². The summed E-state index contributed by atoms with van der Waals surface area (Å²) < 4.78 is 0. The van der Waals surface area contributed by atoms with Gasteiger partial charge in [-0.1, -0.05) is 13.0 Å². The molecule has 1 aromatic carbocycles. The second kappa shape index (κ2) is 6.06. The molecule has 1 aliphatic heterocycles. The first-order valence-corrected chi connectivity index (χ1v) is 7.00. The fourth-order valence-electron chi connectivity index (χ4n) is 2.48. The van der Waals surface area contributed by atoms with E-state index in [2.05, 4.69) is 18.7 Å². The predicted molar refractivity (Wildman–Crippen MR) is 78.1 cm³/mol. The van der Waals surface area contributed by atoms with Crippen molar-refractivity contribution >= 4 is 11.6 Å². The van der Waals surface area contributed by atoms with Crippen molar-refractivity contribution in [2.24, 2.45) is 0 Å². The van der Waals surface area contributed by atoms with Crippen LogP contribution in [-0.2, 0) is 0 Å². The van der Waals surface area contributed by atoms with Crippen molar-refractivity contribution in [3.05, 3.63) is 29.8 Å². The Morgan fingerprint density at radius 3 is 2.58 bits per heavy atom. The van der Waals surface area contributed by atoms with Crippen molar-refractivity contribution in [3.63, 3.8) is 0 Å². The van der Waals surface area contributed by atoms with E-state index in [1.54, 1.807) is 12.1 Å². The van der Waals surface area contributed by atoms with Gasteiger partial charge in [0.15, 0.2) is 0 Å². The van der Waals surface area contributed by atoms with Crippen LogP contribution in [-0.4, -0.2) is 47.9 Å². The van der Waals surface area contributed by atoms with Crippen molar-refractivity contribution in [1.29, 1.82) is 0 Å². The summed E-state index contributed by atoms with van der Waals surface area (Å²) in [5.41, 5.74) is 7.06. The van der Waals surface area contributed by atoms with E-state index in [0.29, 0.717) is 17.3 Å². The number of rotatable bonds is 3. The standard InChI is InChI=1S/C15H23N3O/c1-3-12(2)17-7-9-18(10-8-17)15(19)13-5-4-6-14(16)11-13/h4-6,11-12H,3,7-10,16H2,1-2H3. The highest BCUT2D eigenvalue weighted by atomic mass is 16.2. The maximum atomic E-state index is 12.3. The largest absolute Gasteiger partial charge is 0.399 e. The van der Waals surface area contributed by atoms with Gasteiger partial charge in [-0.25, -0.2) is 0 Å². The minimum atomic E-state index is 0.0936. The lowest BCUT2D eigenvalue weighted by atomic mass is 10.1. The van der Waals surface area contributed by atoms with Gasteiger partial charge in [-0.2, -0.15) is 0 Å². The maximum Gasteiger partial charge on any atom is 0.254 e. The smallest absolute Gasteiger partial charge is 0.254 e. The maximum absolute atomic E-state index is 12.3. The molecule has 0 aliphatic carbocycles. The Labute approximate surface area is 115 Å². The van der Waals surface area contributed by atoms with Gasteiger partial charge in [0.05, 0.1) is 0 Å². The molecule has 2 rings (SSSR count). The molecule has 4 nitrogen and oxygen atoms in total.